The third kappa shape index (κ3) is 6.57. The van der Waals surface area contributed by atoms with Crippen LogP contribution in [-0.2, 0) is 0 Å². The molecule has 1 saturated heterocycles. The van der Waals surface area contributed by atoms with Crippen molar-refractivity contribution < 1.29 is 9.53 Å². The quantitative estimate of drug-likeness (QED) is 0.441. The van der Waals surface area contributed by atoms with Gasteiger partial charge in [0.1, 0.15) is 16.6 Å². The summed E-state index contributed by atoms with van der Waals surface area (Å²) in [7, 11) is 3.33. The number of hydrogen-bond donors (Lipinski definition) is 2. The van der Waals surface area contributed by atoms with Gasteiger partial charge in [-0.05, 0) is 49.3 Å². The zero-order chi connectivity index (χ0) is 24.8. The van der Waals surface area contributed by atoms with E-state index in [9.17, 15) is 4.79 Å². The molecule has 4 rings (SSSR count). The van der Waals surface area contributed by atoms with Crippen molar-refractivity contribution >= 4 is 50.9 Å². The largest absolute Gasteiger partial charge is 0.495 e. The summed E-state index contributed by atoms with van der Waals surface area (Å²) in [4.78, 5) is 26.3. The lowest BCUT2D eigenvalue weighted by Gasteiger charge is -2.38. The summed E-state index contributed by atoms with van der Waals surface area (Å²) >= 11 is 9.73. The van der Waals surface area contributed by atoms with E-state index in [0.29, 0.717) is 33.8 Å². The number of anilines is 3. The van der Waals surface area contributed by atoms with Gasteiger partial charge in [-0.15, -0.1) is 0 Å². The van der Waals surface area contributed by atoms with Crippen molar-refractivity contribution in [3.8, 4) is 5.75 Å². The molecule has 8 nitrogen and oxygen atoms in total. The Labute approximate surface area is 220 Å². The van der Waals surface area contributed by atoms with E-state index in [2.05, 4.69) is 41.4 Å². The molecule has 2 unspecified atom stereocenters. The number of carbonyl (C=O) groups is 1. The van der Waals surface area contributed by atoms with Crippen molar-refractivity contribution in [2.24, 2.45) is 11.8 Å². The Kier molecular flexibility index (Phi) is 9.08. The predicted octanol–water partition coefficient (Wildman–Crippen LogP) is 4.88. The van der Waals surface area contributed by atoms with Gasteiger partial charge in [0.2, 0.25) is 5.95 Å². The maximum absolute atomic E-state index is 13.2. The number of halogens is 2. The van der Waals surface area contributed by atoms with Crippen LogP contribution < -0.4 is 15.4 Å². The topological polar surface area (TPSA) is 82.6 Å². The van der Waals surface area contributed by atoms with E-state index in [1.54, 1.807) is 20.2 Å². The monoisotopic (exact) mass is 564 g/mol. The van der Waals surface area contributed by atoms with Crippen LogP contribution in [0, 0.1) is 11.8 Å². The number of methoxy groups -OCH3 is 1. The molecule has 2 atom stereocenters. The van der Waals surface area contributed by atoms with Crippen LogP contribution in [0.5, 0.6) is 5.75 Å². The van der Waals surface area contributed by atoms with Crippen molar-refractivity contribution in [3.63, 3.8) is 0 Å². The number of nitrogens with zero attached hydrogens (tertiary/aromatic N) is 4. The van der Waals surface area contributed by atoms with Gasteiger partial charge in [-0.2, -0.15) is 4.98 Å². The van der Waals surface area contributed by atoms with Crippen molar-refractivity contribution in [1.29, 1.82) is 0 Å². The summed E-state index contributed by atoms with van der Waals surface area (Å²) in [6, 6.07) is 5.41. The molecule has 1 aromatic carbocycles. The molecule has 2 aliphatic rings. The molecule has 1 aliphatic heterocycles. The molecule has 10 heteroatoms. The Bertz CT molecular complexity index is 1020. The zero-order valence-corrected chi connectivity index (χ0v) is 22.7. The van der Waals surface area contributed by atoms with Crippen LogP contribution in [-0.4, -0.2) is 77.9 Å². The van der Waals surface area contributed by atoms with Gasteiger partial charge < -0.3 is 20.3 Å². The van der Waals surface area contributed by atoms with Crippen molar-refractivity contribution in [2.45, 2.75) is 25.7 Å². The molecule has 35 heavy (non-hydrogen) atoms. The first-order chi connectivity index (χ1) is 17.0. The number of amides is 1. The molecule has 2 heterocycles. The van der Waals surface area contributed by atoms with Crippen LogP contribution >= 0.6 is 27.5 Å². The van der Waals surface area contributed by atoms with Crippen molar-refractivity contribution in [2.75, 3.05) is 62.8 Å². The number of carbonyl (C=O) groups excluding carboxylic acids is 1. The average Bonchev–Trinajstić information content (AvgIpc) is 2.90. The van der Waals surface area contributed by atoms with Crippen LogP contribution in [0.3, 0.4) is 0 Å². The van der Waals surface area contributed by atoms with E-state index >= 15 is 0 Å². The SMILES string of the molecule is CNc1nc(Nc2ccc(C(=O)N3CCN(CC4CCCC(CBr)C4)CC3)cc2OC)ncc1Cl. The second-order valence-electron chi connectivity index (χ2n) is 9.33. The minimum atomic E-state index is 0.0340. The molecule has 0 radical (unpaired) electrons. The third-order valence-corrected chi connectivity index (χ3v) is 8.15. The summed E-state index contributed by atoms with van der Waals surface area (Å²) in [6.07, 6.45) is 6.88. The van der Waals surface area contributed by atoms with Crippen LogP contribution in [0.4, 0.5) is 17.5 Å². The molecule has 2 aromatic rings. The van der Waals surface area contributed by atoms with Gasteiger partial charge in [-0.25, -0.2) is 4.98 Å². The fourth-order valence-corrected chi connectivity index (χ4v) is 5.81. The van der Waals surface area contributed by atoms with Gasteiger partial charge >= 0.3 is 0 Å². The highest BCUT2D eigenvalue weighted by atomic mass is 79.9. The molecule has 2 N–H and O–H groups in total. The van der Waals surface area contributed by atoms with Crippen LogP contribution in [0.25, 0.3) is 0 Å². The summed E-state index contributed by atoms with van der Waals surface area (Å²) in [5, 5.41) is 7.63. The Morgan fingerprint density at radius 3 is 2.71 bits per heavy atom. The summed E-state index contributed by atoms with van der Waals surface area (Å²) in [6.45, 7) is 4.52. The lowest BCUT2D eigenvalue weighted by molar-refractivity contribution is 0.0598. The number of rotatable bonds is 8. The molecule has 1 saturated carbocycles. The van der Waals surface area contributed by atoms with Gasteiger partial charge in [0.15, 0.2) is 0 Å². The molecule has 1 aliphatic carbocycles. The highest BCUT2D eigenvalue weighted by Gasteiger charge is 2.27. The zero-order valence-electron chi connectivity index (χ0n) is 20.4. The Balaban J connectivity index is 1.35. The fraction of sp³-hybridized carbons (Fsp3) is 0.560. The highest BCUT2D eigenvalue weighted by Crippen LogP contribution is 2.32. The second kappa shape index (κ2) is 12.2. The Morgan fingerprint density at radius 1 is 1.23 bits per heavy atom. The summed E-state index contributed by atoms with van der Waals surface area (Å²) in [5.74, 6) is 3.10. The van der Waals surface area contributed by atoms with Crippen LogP contribution in [0.1, 0.15) is 36.0 Å². The number of hydrogen-bond acceptors (Lipinski definition) is 7. The first-order valence-electron chi connectivity index (χ1n) is 12.2. The second-order valence-corrected chi connectivity index (χ2v) is 10.4. The summed E-state index contributed by atoms with van der Waals surface area (Å²) < 4.78 is 5.55. The molecule has 1 amide bonds. The number of piperazine rings is 1. The number of nitrogens with one attached hydrogen (secondary N) is 2. The lowest BCUT2D eigenvalue weighted by atomic mass is 9.82. The number of alkyl halides is 1. The maximum atomic E-state index is 13.2. The Morgan fingerprint density at radius 2 is 2.00 bits per heavy atom. The lowest BCUT2D eigenvalue weighted by Crippen LogP contribution is -2.50. The highest BCUT2D eigenvalue weighted by molar-refractivity contribution is 9.09. The maximum Gasteiger partial charge on any atom is 0.254 e. The molecule has 1 aromatic heterocycles. The van der Waals surface area contributed by atoms with E-state index in [4.69, 9.17) is 16.3 Å². The standard InChI is InChI=1S/C25H34BrClN6O2/c1-28-23-20(27)15-29-25(31-23)30-21-7-6-19(13-22(21)35-2)24(34)33-10-8-32(9-11-33)16-18-5-3-4-17(12-18)14-26/h6-7,13,15,17-18H,3-5,8-12,14,16H2,1-2H3,(H2,28,29,30,31). The molecular formula is C25H34BrClN6O2. The van der Waals surface area contributed by atoms with Crippen LogP contribution in [0.15, 0.2) is 24.4 Å². The van der Waals surface area contributed by atoms with Gasteiger partial charge in [0.05, 0.1) is 19.0 Å². The minimum absolute atomic E-state index is 0.0340. The third-order valence-electron chi connectivity index (χ3n) is 6.96. The van der Waals surface area contributed by atoms with Crippen molar-refractivity contribution in [3.05, 3.63) is 35.0 Å². The number of aromatic nitrogens is 2. The minimum Gasteiger partial charge on any atom is -0.495 e. The first-order valence-corrected chi connectivity index (χ1v) is 13.7. The average molecular weight is 566 g/mol. The van der Waals surface area contributed by atoms with E-state index in [-0.39, 0.29) is 5.91 Å². The Hall–Kier alpha value is -2.10. The molecule has 0 spiro atoms. The van der Waals surface area contributed by atoms with E-state index in [1.165, 1.54) is 31.9 Å². The molecule has 0 bridgehead atoms. The molecule has 190 valence electrons. The van der Waals surface area contributed by atoms with E-state index < -0.39 is 0 Å². The fourth-order valence-electron chi connectivity index (χ4n) is 5.04. The van der Waals surface area contributed by atoms with Gasteiger partial charge in [0, 0.05) is 50.7 Å². The van der Waals surface area contributed by atoms with Gasteiger partial charge in [0.25, 0.3) is 5.91 Å². The first kappa shape index (κ1) is 26.0. The predicted molar refractivity (Wildman–Crippen MR) is 144 cm³/mol. The number of benzene rings is 1. The van der Waals surface area contributed by atoms with Crippen molar-refractivity contribution in [1.82, 2.24) is 19.8 Å². The molecular weight excluding hydrogens is 532 g/mol. The summed E-state index contributed by atoms with van der Waals surface area (Å²) in [5.41, 5.74) is 1.29. The van der Waals surface area contributed by atoms with Gasteiger partial charge in [-0.3, -0.25) is 9.69 Å². The molecule has 2 fully saturated rings. The normalized spacial score (nSPS) is 21.0. The van der Waals surface area contributed by atoms with Crippen LogP contribution in [0.2, 0.25) is 5.02 Å². The van der Waals surface area contributed by atoms with Gasteiger partial charge in [-0.1, -0.05) is 34.0 Å². The number of ether oxygens (including phenoxy) is 1. The smallest absolute Gasteiger partial charge is 0.254 e. The van der Waals surface area contributed by atoms with E-state index in [0.717, 1.165) is 49.9 Å². The van der Waals surface area contributed by atoms with E-state index in [1.807, 2.05) is 17.0 Å².